The average molecular weight is 299 g/mol. The summed E-state index contributed by atoms with van der Waals surface area (Å²) in [4.78, 5) is 2.22. The van der Waals surface area contributed by atoms with Crippen molar-refractivity contribution in [3.63, 3.8) is 0 Å². The summed E-state index contributed by atoms with van der Waals surface area (Å²) in [7, 11) is 0. The second kappa shape index (κ2) is 9.36. The van der Waals surface area contributed by atoms with Crippen molar-refractivity contribution < 1.29 is 9.47 Å². The SMILES string of the molecule is CCOC(OCC)N(Cc1ccccc1)Cc1ccccc1. The van der Waals surface area contributed by atoms with E-state index in [-0.39, 0.29) is 6.41 Å². The van der Waals surface area contributed by atoms with Crippen molar-refractivity contribution in [3.8, 4) is 0 Å². The van der Waals surface area contributed by atoms with Gasteiger partial charge in [0.05, 0.1) is 0 Å². The summed E-state index contributed by atoms with van der Waals surface area (Å²) in [5.41, 5.74) is 2.51. The summed E-state index contributed by atoms with van der Waals surface area (Å²) in [6, 6.07) is 20.8. The minimum absolute atomic E-state index is 0.324. The van der Waals surface area contributed by atoms with Gasteiger partial charge in [0.1, 0.15) is 0 Å². The molecule has 22 heavy (non-hydrogen) atoms. The maximum absolute atomic E-state index is 5.79. The molecule has 0 aliphatic carbocycles. The number of nitrogens with zero attached hydrogens (tertiary/aromatic N) is 1. The average Bonchev–Trinajstić information content (AvgIpc) is 2.56. The molecule has 2 rings (SSSR count). The van der Waals surface area contributed by atoms with Gasteiger partial charge in [-0.25, -0.2) is 4.90 Å². The normalized spacial score (nSPS) is 11.3. The van der Waals surface area contributed by atoms with Crippen LogP contribution in [0.5, 0.6) is 0 Å². The van der Waals surface area contributed by atoms with Gasteiger partial charge in [0.15, 0.2) is 0 Å². The molecule has 0 heterocycles. The van der Waals surface area contributed by atoms with Crippen LogP contribution in [0.2, 0.25) is 0 Å². The van der Waals surface area contributed by atoms with Crippen LogP contribution in [0.4, 0.5) is 0 Å². The summed E-state index contributed by atoms with van der Waals surface area (Å²) in [5.74, 6) is 0. The molecule has 0 saturated carbocycles. The molecule has 0 spiro atoms. The van der Waals surface area contributed by atoms with E-state index in [0.717, 1.165) is 13.1 Å². The topological polar surface area (TPSA) is 21.7 Å². The lowest BCUT2D eigenvalue weighted by atomic mass is 10.2. The predicted molar refractivity (Wildman–Crippen MR) is 89.2 cm³/mol. The minimum Gasteiger partial charge on any atom is -0.340 e. The van der Waals surface area contributed by atoms with Gasteiger partial charge in [-0.15, -0.1) is 0 Å². The molecule has 0 fully saturated rings. The minimum atomic E-state index is -0.324. The Bertz CT molecular complexity index is 468. The van der Waals surface area contributed by atoms with Gasteiger partial charge < -0.3 is 9.47 Å². The molecule has 0 radical (unpaired) electrons. The quantitative estimate of drug-likeness (QED) is 0.652. The molecule has 0 aliphatic rings. The van der Waals surface area contributed by atoms with Crippen LogP contribution in [-0.2, 0) is 22.6 Å². The van der Waals surface area contributed by atoms with Gasteiger partial charge in [0.25, 0.3) is 0 Å². The lowest BCUT2D eigenvalue weighted by molar-refractivity contribution is -0.226. The second-order valence-electron chi connectivity index (χ2n) is 5.09. The lowest BCUT2D eigenvalue weighted by Crippen LogP contribution is -2.38. The zero-order valence-electron chi connectivity index (χ0n) is 13.4. The molecule has 118 valence electrons. The summed E-state index contributed by atoms with van der Waals surface area (Å²) in [6.45, 7) is 6.83. The maximum atomic E-state index is 5.79. The number of hydrogen-bond acceptors (Lipinski definition) is 3. The Morgan fingerprint density at radius 1 is 0.727 bits per heavy atom. The fraction of sp³-hybridized carbons (Fsp3) is 0.368. The number of ether oxygens (including phenoxy) is 2. The van der Waals surface area contributed by atoms with E-state index < -0.39 is 0 Å². The maximum Gasteiger partial charge on any atom is 0.219 e. The zero-order chi connectivity index (χ0) is 15.6. The molecule has 2 aromatic carbocycles. The van der Waals surface area contributed by atoms with Gasteiger partial charge in [0.2, 0.25) is 6.41 Å². The smallest absolute Gasteiger partial charge is 0.219 e. The van der Waals surface area contributed by atoms with E-state index in [2.05, 4.69) is 53.4 Å². The van der Waals surface area contributed by atoms with E-state index in [9.17, 15) is 0 Å². The summed E-state index contributed by atoms with van der Waals surface area (Å²) >= 11 is 0. The van der Waals surface area contributed by atoms with Crippen molar-refractivity contribution in [1.29, 1.82) is 0 Å². The van der Waals surface area contributed by atoms with Crippen molar-refractivity contribution in [2.45, 2.75) is 33.4 Å². The Morgan fingerprint density at radius 3 is 1.50 bits per heavy atom. The van der Waals surface area contributed by atoms with Crippen molar-refractivity contribution in [2.75, 3.05) is 13.2 Å². The monoisotopic (exact) mass is 299 g/mol. The fourth-order valence-corrected chi connectivity index (χ4v) is 2.38. The fourth-order valence-electron chi connectivity index (χ4n) is 2.38. The largest absolute Gasteiger partial charge is 0.340 e. The van der Waals surface area contributed by atoms with Crippen molar-refractivity contribution in [3.05, 3.63) is 71.8 Å². The first-order valence-corrected chi connectivity index (χ1v) is 7.88. The number of hydrogen-bond donors (Lipinski definition) is 0. The van der Waals surface area contributed by atoms with E-state index in [0.29, 0.717) is 13.2 Å². The first-order chi connectivity index (χ1) is 10.8. The molecule has 0 aromatic heterocycles. The first kappa shape index (κ1) is 16.7. The van der Waals surface area contributed by atoms with Crippen LogP contribution in [-0.4, -0.2) is 24.5 Å². The molecule has 0 bridgehead atoms. The van der Waals surface area contributed by atoms with Crippen LogP contribution in [0.3, 0.4) is 0 Å². The van der Waals surface area contributed by atoms with Gasteiger partial charge >= 0.3 is 0 Å². The van der Waals surface area contributed by atoms with Gasteiger partial charge in [-0.3, -0.25) is 0 Å². The molecule has 0 atom stereocenters. The molecule has 3 nitrogen and oxygen atoms in total. The second-order valence-corrected chi connectivity index (χ2v) is 5.09. The van der Waals surface area contributed by atoms with Gasteiger partial charge in [-0.1, -0.05) is 60.7 Å². The van der Waals surface area contributed by atoms with Gasteiger partial charge in [-0.05, 0) is 25.0 Å². The number of rotatable bonds is 9. The summed E-state index contributed by atoms with van der Waals surface area (Å²) < 4.78 is 11.6. The molecular weight excluding hydrogens is 274 g/mol. The molecule has 0 N–H and O–H groups in total. The summed E-state index contributed by atoms with van der Waals surface area (Å²) in [5, 5.41) is 0. The van der Waals surface area contributed by atoms with Crippen molar-refractivity contribution >= 4 is 0 Å². The highest BCUT2D eigenvalue weighted by Gasteiger charge is 2.19. The van der Waals surface area contributed by atoms with Crippen molar-refractivity contribution in [1.82, 2.24) is 4.90 Å². The van der Waals surface area contributed by atoms with Crippen molar-refractivity contribution in [2.24, 2.45) is 0 Å². The highest BCUT2D eigenvalue weighted by molar-refractivity contribution is 5.17. The Kier molecular flexibility index (Phi) is 7.10. The Balaban J connectivity index is 2.14. The van der Waals surface area contributed by atoms with Gasteiger partial charge in [0, 0.05) is 26.3 Å². The molecule has 0 saturated heterocycles. The first-order valence-electron chi connectivity index (χ1n) is 7.88. The highest BCUT2D eigenvalue weighted by atomic mass is 16.7. The zero-order valence-corrected chi connectivity index (χ0v) is 13.4. The molecular formula is C19H25NO2. The van der Waals surface area contributed by atoms with E-state index in [1.807, 2.05) is 26.0 Å². The lowest BCUT2D eigenvalue weighted by Gasteiger charge is -2.31. The van der Waals surface area contributed by atoms with E-state index in [4.69, 9.17) is 9.47 Å². The summed E-state index contributed by atoms with van der Waals surface area (Å²) in [6.07, 6.45) is -0.324. The Labute approximate surface area is 133 Å². The van der Waals surface area contributed by atoms with E-state index >= 15 is 0 Å². The van der Waals surface area contributed by atoms with Crippen LogP contribution >= 0.6 is 0 Å². The molecule has 0 amide bonds. The standard InChI is InChI=1S/C19H25NO2/c1-3-21-19(22-4-2)20(15-17-11-7-5-8-12-17)16-18-13-9-6-10-14-18/h5-14,19H,3-4,15-16H2,1-2H3. The molecule has 3 heteroatoms. The van der Waals surface area contributed by atoms with Crippen LogP contribution < -0.4 is 0 Å². The van der Waals surface area contributed by atoms with Gasteiger partial charge in [-0.2, -0.15) is 0 Å². The van der Waals surface area contributed by atoms with Crippen LogP contribution in [0.15, 0.2) is 60.7 Å². The third-order valence-electron chi connectivity index (χ3n) is 3.37. The van der Waals surface area contributed by atoms with Crippen LogP contribution in [0.1, 0.15) is 25.0 Å². The molecule has 0 aliphatic heterocycles. The Hall–Kier alpha value is -1.68. The molecule has 0 unspecified atom stereocenters. The number of benzene rings is 2. The third kappa shape index (κ3) is 5.26. The predicted octanol–water partition coefficient (Wildman–Crippen LogP) is 4.05. The Morgan fingerprint density at radius 2 is 1.14 bits per heavy atom. The third-order valence-corrected chi connectivity index (χ3v) is 3.37. The van der Waals surface area contributed by atoms with Crippen LogP contribution in [0, 0.1) is 0 Å². The highest BCUT2D eigenvalue weighted by Crippen LogP contribution is 2.15. The van der Waals surface area contributed by atoms with E-state index in [1.54, 1.807) is 0 Å². The molecule has 2 aromatic rings. The van der Waals surface area contributed by atoms with E-state index in [1.165, 1.54) is 11.1 Å². The van der Waals surface area contributed by atoms with Crippen LogP contribution in [0.25, 0.3) is 0 Å².